The van der Waals surface area contributed by atoms with Gasteiger partial charge >= 0.3 is 0 Å². The average molecular weight is 290 g/mol. The van der Waals surface area contributed by atoms with Crippen LogP contribution in [-0.4, -0.2) is 19.0 Å². The first-order valence-corrected chi connectivity index (χ1v) is 7.25. The molecule has 21 heavy (non-hydrogen) atoms. The molecular weight excluding hydrogens is 264 g/mol. The Labute approximate surface area is 127 Å². The summed E-state index contributed by atoms with van der Waals surface area (Å²) >= 11 is 0. The molecule has 3 nitrogen and oxygen atoms in total. The minimum atomic E-state index is 0.210. The lowest BCUT2D eigenvalue weighted by molar-refractivity contribution is 0.0510. The van der Waals surface area contributed by atoms with Gasteiger partial charge in [-0.1, -0.05) is 23.3 Å². The molecule has 1 aromatic rings. The lowest BCUT2D eigenvalue weighted by Gasteiger charge is -2.08. The first-order chi connectivity index (χ1) is 10.0. The van der Waals surface area contributed by atoms with Gasteiger partial charge in [-0.3, -0.25) is 0 Å². The quantitative estimate of drug-likeness (QED) is 0.561. The molecule has 1 rings (SSSR count). The second-order valence-electron chi connectivity index (χ2n) is 5.42. The van der Waals surface area contributed by atoms with Crippen molar-refractivity contribution in [2.75, 3.05) is 13.9 Å². The van der Waals surface area contributed by atoms with Crippen LogP contribution in [0.25, 0.3) is 0 Å². The molecule has 0 aliphatic heterocycles. The highest BCUT2D eigenvalue weighted by molar-refractivity contribution is 5.40. The molecule has 0 heterocycles. The van der Waals surface area contributed by atoms with Gasteiger partial charge in [0.2, 0.25) is 0 Å². The molecule has 0 aromatic heterocycles. The van der Waals surface area contributed by atoms with E-state index in [4.69, 9.17) is 9.47 Å². The van der Waals surface area contributed by atoms with Crippen LogP contribution in [0.4, 0.5) is 0 Å². The summed E-state index contributed by atoms with van der Waals surface area (Å²) in [5.41, 5.74) is 3.55. The van der Waals surface area contributed by atoms with Crippen LogP contribution in [0, 0.1) is 0 Å². The van der Waals surface area contributed by atoms with Crippen molar-refractivity contribution >= 4 is 0 Å². The van der Waals surface area contributed by atoms with Crippen LogP contribution in [0.3, 0.4) is 0 Å². The van der Waals surface area contributed by atoms with E-state index in [-0.39, 0.29) is 6.79 Å². The number of methoxy groups -OCH3 is 1. The highest BCUT2D eigenvalue weighted by Crippen LogP contribution is 2.24. The van der Waals surface area contributed by atoms with E-state index in [1.807, 2.05) is 6.07 Å². The second-order valence-corrected chi connectivity index (χ2v) is 5.42. The van der Waals surface area contributed by atoms with Crippen molar-refractivity contribution in [2.45, 2.75) is 40.0 Å². The molecule has 0 saturated carbocycles. The molecule has 0 amide bonds. The minimum absolute atomic E-state index is 0.210. The van der Waals surface area contributed by atoms with Gasteiger partial charge in [-0.15, -0.1) is 0 Å². The molecule has 0 fully saturated rings. The summed E-state index contributed by atoms with van der Waals surface area (Å²) in [5.74, 6) is 1.01. The third kappa shape index (κ3) is 7.00. The van der Waals surface area contributed by atoms with E-state index in [2.05, 4.69) is 32.9 Å². The number of rotatable bonds is 8. The van der Waals surface area contributed by atoms with Crippen molar-refractivity contribution < 1.29 is 14.6 Å². The molecule has 0 aliphatic carbocycles. The lowest BCUT2D eigenvalue weighted by atomic mass is 10.1. The normalized spacial score (nSPS) is 11.3. The molecule has 3 heteroatoms. The van der Waals surface area contributed by atoms with Gasteiger partial charge in [-0.2, -0.15) is 0 Å². The second kappa shape index (κ2) is 9.24. The van der Waals surface area contributed by atoms with Gasteiger partial charge < -0.3 is 14.6 Å². The van der Waals surface area contributed by atoms with Crippen molar-refractivity contribution in [2.24, 2.45) is 0 Å². The largest absolute Gasteiger partial charge is 0.508 e. The van der Waals surface area contributed by atoms with Crippen LogP contribution in [0.2, 0.25) is 0 Å². The number of hydrogen-bond acceptors (Lipinski definition) is 3. The summed E-state index contributed by atoms with van der Waals surface area (Å²) in [5, 5.41) is 9.90. The number of aromatic hydroxyl groups is 1. The van der Waals surface area contributed by atoms with E-state index in [0.29, 0.717) is 17.9 Å². The maximum Gasteiger partial charge on any atom is 0.188 e. The molecule has 1 N–H and O–H groups in total. The Balaban J connectivity index is 2.62. The fourth-order valence-corrected chi connectivity index (χ4v) is 1.92. The van der Waals surface area contributed by atoms with E-state index in [9.17, 15) is 5.11 Å². The van der Waals surface area contributed by atoms with Crippen LogP contribution in [0.5, 0.6) is 11.5 Å². The lowest BCUT2D eigenvalue weighted by Crippen LogP contribution is -1.99. The number of phenolic OH excluding ortho intramolecular Hbond substituents is 1. The Hall–Kier alpha value is -1.74. The fraction of sp³-hybridized carbons (Fsp3) is 0.444. The third-order valence-electron chi connectivity index (χ3n) is 3.16. The third-order valence-corrected chi connectivity index (χ3v) is 3.16. The monoisotopic (exact) mass is 290 g/mol. The Morgan fingerprint density at radius 1 is 1.19 bits per heavy atom. The molecule has 0 atom stereocenters. The topological polar surface area (TPSA) is 38.7 Å². The van der Waals surface area contributed by atoms with Crippen molar-refractivity contribution in [1.29, 1.82) is 0 Å². The summed E-state index contributed by atoms with van der Waals surface area (Å²) in [6.45, 7) is 6.56. The molecule has 0 aliphatic rings. The number of allylic oxidation sites excluding steroid dienone is 4. The fourth-order valence-electron chi connectivity index (χ4n) is 1.92. The summed E-state index contributed by atoms with van der Waals surface area (Å²) in [4.78, 5) is 0. The molecule has 1 aromatic carbocycles. The predicted molar refractivity (Wildman–Crippen MR) is 86.7 cm³/mol. The zero-order valence-corrected chi connectivity index (χ0v) is 13.5. The zero-order chi connectivity index (χ0) is 15.7. The molecular formula is C18H26O3. The van der Waals surface area contributed by atoms with E-state index >= 15 is 0 Å². The highest BCUT2D eigenvalue weighted by atomic mass is 16.7. The maximum absolute atomic E-state index is 9.90. The summed E-state index contributed by atoms with van der Waals surface area (Å²) in [6.07, 6.45) is 7.22. The summed E-state index contributed by atoms with van der Waals surface area (Å²) in [6, 6.07) is 5.25. The zero-order valence-electron chi connectivity index (χ0n) is 13.5. The first kappa shape index (κ1) is 17.3. The standard InChI is InChI=1S/C18H26O3/c1-14(2)6-5-7-15(3)8-9-16-12-17(21-13-20-4)10-11-18(16)19/h6,8,10-12,19H,5,7,9,13H2,1-4H3/b15-8+. The molecule has 0 bridgehead atoms. The number of benzene rings is 1. The summed E-state index contributed by atoms with van der Waals surface area (Å²) in [7, 11) is 1.58. The predicted octanol–water partition coefficient (Wildman–Crippen LogP) is 4.61. The van der Waals surface area contributed by atoms with Crippen molar-refractivity contribution in [1.82, 2.24) is 0 Å². The van der Waals surface area contributed by atoms with Gasteiger partial charge in [-0.05, 0) is 58.2 Å². The van der Waals surface area contributed by atoms with Crippen LogP contribution in [0.15, 0.2) is 41.5 Å². The van der Waals surface area contributed by atoms with Crippen molar-refractivity contribution in [3.05, 3.63) is 47.1 Å². The maximum atomic E-state index is 9.90. The Kier molecular flexibility index (Phi) is 7.62. The van der Waals surface area contributed by atoms with E-state index in [1.54, 1.807) is 19.2 Å². The average Bonchev–Trinajstić information content (AvgIpc) is 2.44. The van der Waals surface area contributed by atoms with Gasteiger partial charge in [0.15, 0.2) is 6.79 Å². The van der Waals surface area contributed by atoms with Crippen LogP contribution < -0.4 is 4.74 Å². The van der Waals surface area contributed by atoms with Gasteiger partial charge in [-0.25, -0.2) is 0 Å². The molecule has 0 unspecified atom stereocenters. The highest BCUT2D eigenvalue weighted by Gasteiger charge is 2.03. The minimum Gasteiger partial charge on any atom is -0.508 e. The van der Waals surface area contributed by atoms with Gasteiger partial charge in [0.25, 0.3) is 0 Å². The van der Waals surface area contributed by atoms with E-state index < -0.39 is 0 Å². The van der Waals surface area contributed by atoms with Crippen LogP contribution >= 0.6 is 0 Å². The molecule has 116 valence electrons. The SMILES string of the molecule is COCOc1ccc(O)c(C/C=C(\C)CCC=C(C)C)c1. The Bertz CT molecular complexity index is 497. The van der Waals surface area contributed by atoms with Gasteiger partial charge in [0.1, 0.15) is 11.5 Å². The molecule has 0 saturated heterocycles. The van der Waals surface area contributed by atoms with Crippen LogP contribution in [-0.2, 0) is 11.2 Å². The van der Waals surface area contributed by atoms with Crippen LogP contribution in [0.1, 0.15) is 39.2 Å². The smallest absolute Gasteiger partial charge is 0.188 e. The van der Waals surface area contributed by atoms with Crippen molar-refractivity contribution in [3.8, 4) is 11.5 Å². The Morgan fingerprint density at radius 3 is 2.62 bits per heavy atom. The van der Waals surface area contributed by atoms with Crippen molar-refractivity contribution in [3.63, 3.8) is 0 Å². The number of ether oxygens (including phenoxy) is 2. The Morgan fingerprint density at radius 2 is 1.95 bits per heavy atom. The van der Waals surface area contributed by atoms with E-state index in [1.165, 1.54) is 11.1 Å². The number of hydrogen-bond donors (Lipinski definition) is 1. The molecule has 0 radical (unpaired) electrons. The number of phenols is 1. The van der Waals surface area contributed by atoms with Gasteiger partial charge in [0.05, 0.1) is 0 Å². The van der Waals surface area contributed by atoms with Gasteiger partial charge in [0, 0.05) is 12.7 Å². The first-order valence-electron chi connectivity index (χ1n) is 7.25. The summed E-state index contributed by atoms with van der Waals surface area (Å²) < 4.78 is 10.3. The van der Waals surface area contributed by atoms with E-state index in [0.717, 1.165) is 18.4 Å². The molecule has 0 spiro atoms.